The molecule has 0 saturated carbocycles. The first-order valence-corrected chi connectivity index (χ1v) is 9.98. The second-order valence-corrected chi connectivity index (χ2v) is 8.26. The average Bonchev–Trinajstić information content (AvgIpc) is 3.16. The number of anilines is 1. The Hall–Kier alpha value is -2.90. The number of rotatable bonds is 6. The van der Waals surface area contributed by atoms with Crippen LogP contribution in [0.2, 0.25) is 0 Å². The molecule has 0 radical (unpaired) electrons. The summed E-state index contributed by atoms with van der Waals surface area (Å²) in [4.78, 5) is 12.2. The van der Waals surface area contributed by atoms with Gasteiger partial charge >= 0.3 is 0 Å². The Bertz CT molecular complexity index is 1040. The van der Waals surface area contributed by atoms with E-state index in [9.17, 15) is 18.3 Å². The highest BCUT2D eigenvalue weighted by Gasteiger charge is 2.15. The zero-order chi connectivity index (χ0) is 18.6. The highest BCUT2D eigenvalue weighted by atomic mass is 32.2. The van der Waals surface area contributed by atoms with Gasteiger partial charge in [-0.3, -0.25) is 9.52 Å². The molecule has 3 aromatic rings. The summed E-state index contributed by atoms with van der Waals surface area (Å²) in [5.41, 5.74) is 1.52. The molecule has 0 saturated heterocycles. The van der Waals surface area contributed by atoms with E-state index in [1.54, 1.807) is 66.1 Å². The Morgan fingerprint density at radius 3 is 2.46 bits per heavy atom. The molecule has 2 aromatic carbocycles. The monoisotopic (exact) mass is 385 g/mol. The molecule has 0 aliphatic heterocycles. The smallest absolute Gasteiger partial charge is 0.271 e. The zero-order valence-electron chi connectivity index (χ0n) is 13.5. The van der Waals surface area contributed by atoms with Gasteiger partial charge < -0.3 is 5.11 Å². The van der Waals surface area contributed by atoms with Crippen molar-refractivity contribution in [2.45, 2.75) is 4.21 Å². The van der Waals surface area contributed by atoms with Gasteiger partial charge in [-0.05, 0) is 59.5 Å². The second kappa shape index (κ2) is 7.55. The Morgan fingerprint density at radius 2 is 1.81 bits per heavy atom. The molecule has 1 heterocycles. The van der Waals surface area contributed by atoms with E-state index in [4.69, 9.17) is 0 Å². The molecule has 5 nitrogen and oxygen atoms in total. The predicted octanol–water partition coefficient (Wildman–Crippen LogP) is 4.15. The van der Waals surface area contributed by atoms with Gasteiger partial charge in [-0.15, -0.1) is 11.3 Å². The molecule has 0 aliphatic carbocycles. The summed E-state index contributed by atoms with van der Waals surface area (Å²) in [6, 6.07) is 15.9. The Labute approximate surface area is 155 Å². The molecule has 0 unspecified atom stereocenters. The van der Waals surface area contributed by atoms with Gasteiger partial charge in [0, 0.05) is 11.3 Å². The third kappa shape index (κ3) is 4.38. The van der Waals surface area contributed by atoms with Crippen LogP contribution in [0, 0.1) is 0 Å². The van der Waals surface area contributed by atoms with E-state index in [0.717, 1.165) is 11.3 Å². The lowest BCUT2D eigenvalue weighted by atomic mass is 10.1. The minimum absolute atomic E-state index is 0.127. The molecule has 0 atom stereocenters. The number of carbonyl (C=O) groups excluding carboxylic acids is 1. The minimum Gasteiger partial charge on any atom is -0.508 e. The van der Waals surface area contributed by atoms with Gasteiger partial charge in [-0.1, -0.05) is 24.3 Å². The van der Waals surface area contributed by atoms with Gasteiger partial charge in [0.2, 0.25) is 0 Å². The highest BCUT2D eigenvalue weighted by molar-refractivity contribution is 7.94. The van der Waals surface area contributed by atoms with Crippen molar-refractivity contribution in [3.8, 4) is 5.75 Å². The lowest BCUT2D eigenvalue weighted by molar-refractivity contribution is 0.104. The Morgan fingerprint density at radius 1 is 1.04 bits per heavy atom. The lowest BCUT2D eigenvalue weighted by Gasteiger charge is -2.06. The van der Waals surface area contributed by atoms with Crippen molar-refractivity contribution in [1.29, 1.82) is 0 Å². The van der Waals surface area contributed by atoms with Crippen LogP contribution in [0.15, 0.2) is 76.3 Å². The molecule has 0 spiro atoms. The number of sulfonamides is 1. The van der Waals surface area contributed by atoms with Crippen molar-refractivity contribution in [2.75, 3.05) is 4.72 Å². The van der Waals surface area contributed by atoms with Crippen LogP contribution >= 0.6 is 11.3 Å². The number of benzene rings is 2. The second-order valence-electron chi connectivity index (χ2n) is 5.41. The van der Waals surface area contributed by atoms with Crippen LogP contribution in [-0.4, -0.2) is 19.3 Å². The number of nitrogens with one attached hydrogen (secondary N) is 1. The summed E-state index contributed by atoms with van der Waals surface area (Å²) in [5.74, 6) is -0.0945. The molecule has 7 heteroatoms. The normalized spacial score (nSPS) is 11.5. The molecular weight excluding hydrogens is 370 g/mol. The standard InChI is InChI=1S/C19H15NO4S2/c21-17-4-1-3-14(13-17)6-11-18(22)15-7-9-16(10-8-15)20-26(23,24)19-5-2-12-25-19/h1-13,20-21H/b11-6+. The van der Waals surface area contributed by atoms with E-state index >= 15 is 0 Å². The molecular formula is C19H15NO4S2. The van der Waals surface area contributed by atoms with Crippen LogP contribution < -0.4 is 4.72 Å². The van der Waals surface area contributed by atoms with Crippen LogP contribution in [0.25, 0.3) is 6.08 Å². The number of hydrogen-bond acceptors (Lipinski definition) is 5. The molecule has 26 heavy (non-hydrogen) atoms. The van der Waals surface area contributed by atoms with Gasteiger partial charge in [0.15, 0.2) is 5.78 Å². The maximum absolute atomic E-state index is 12.2. The number of phenols is 1. The van der Waals surface area contributed by atoms with Crippen molar-refractivity contribution in [3.63, 3.8) is 0 Å². The highest BCUT2D eigenvalue weighted by Crippen LogP contribution is 2.20. The van der Waals surface area contributed by atoms with Crippen LogP contribution in [0.4, 0.5) is 5.69 Å². The molecule has 0 aliphatic rings. The number of thiophene rings is 1. The topological polar surface area (TPSA) is 83.5 Å². The van der Waals surface area contributed by atoms with E-state index in [2.05, 4.69) is 4.72 Å². The van der Waals surface area contributed by atoms with Gasteiger partial charge in [-0.2, -0.15) is 0 Å². The predicted molar refractivity (Wildman–Crippen MR) is 103 cm³/mol. The van der Waals surface area contributed by atoms with Crippen LogP contribution in [0.3, 0.4) is 0 Å². The SMILES string of the molecule is O=C(/C=C/c1cccc(O)c1)c1ccc(NS(=O)(=O)c2cccs2)cc1. The fraction of sp³-hybridized carbons (Fsp3) is 0. The van der Waals surface area contributed by atoms with Gasteiger partial charge in [-0.25, -0.2) is 8.42 Å². The van der Waals surface area contributed by atoms with Crippen LogP contribution in [0.5, 0.6) is 5.75 Å². The van der Waals surface area contributed by atoms with Gasteiger partial charge in [0.1, 0.15) is 9.96 Å². The average molecular weight is 385 g/mol. The molecule has 0 fully saturated rings. The number of ketones is 1. The number of carbonyl (C=O) groups is 1. The van der Waals surface area contributed by atoms with Gasteiger partial charge in [0.25, 0.3) is 10.0 Å². The summed E-state index contributed by atoms with van der Waals surface area (Å²) in [6.07, 6.45) is 3.01. The van der Waals surface area contributed by atoms with Crippen molar-refractivity contribution in [1.82, 2.24) is 0 Å². The van der Waals surface area contributed by atoms with E-state index in [-0.39, 0.29) is 15.7 Å². The number of phenolic OH excluding ortho intramolecular Hbond substituents is 1. The summed E-state index contributed by atoms with van der Waals surface area (Å²) in [6.45, 7) is 0. The fourth-order valence-electron chi connectivity index (χ4n) is 2.22. The van der Waals surface area contributed by atoms with E-state index in [1.807, 2.05) is 0 Å². The molecule has 2 N–H and O–H groups in total. The largest absolute Gasteiger partial charge is 0.508 e. The molecule has 3 rings (SSSR count). The van der Waals surface area contributed by atoms with Crippen molar-refractivity contribution < 1.29 is 18.3 Å². The van der Waals surface area contributed by atoms with Crippen molar-refractivity contribution >= 4 is 38.9 Å². The fourth-order valence-corrected chi connectivity index (χ4v) is 4.27. The number of hydrogen-bond donors (Lipinski definition) is 2. The van der Waals surface area contributed by atoms with Gasteiger partial charge in [0.05, 0.1) is 0 Å². The number of allylic oxidation sites excluding steroid dienone is 1. The van der Waals surface area contributed by atoms with Crippen LogP contribution in [0.1, 0.15) is 15.9 Å². The number of aromatic hydroxyl groups is 1. The van der Waals surface area contributed by atoms with E-state index in [1.165, 1.54) is 12.1 Å². The summed E-state index contributed by atoms with van der Waals surface area (Å²) in [5, 5.41) is 11.1. The van der Waals surface area contributed by atoms with Crippen molar-refractivity contribution in [2.24, 2.45) is 0 Å². The molecule has 0 amide bonds. The molecule has 1 aromatic heterocycles. The lowest BCUT2D eigenvalue weighted by Crippen LogP contribution is -2.11. The third-order valence-corrected chi connectivity index (χ3v) is 6.26. The maximum atomic E-state index is 12.2. The minimum atomic E-state index is -3.61. The third-order valence-electron chi connectivity index (χ3n) is 3.48. The van der Waals surface area contributed by atoms with Crippen molar-refractivity contribution in [3.05, 3.63) is 83.2 Å². The Kier molecular flexibility index (Phi) is 5.20. The maximum Gasteiger partial charge on any atom is 0.271 e. The molecule has 0 bridgehead atoms. The quantitative estimate of drug-likeness (QED) is 0.493. The first-order chi connectivity index (χ1) is 12.4. The summed E-state index contributed by atoms with van der Waals surface area (Å²) in [7, 11) is -3.61. The first-order valence-electron chi connectivity index (χ1n) is 7.62. The molecule has 132 valence electrons. The summed E-state index contributed by atoms with van der Waals surface area (Å²) >= 11 is 1.13. The van der Waals surface area contributed by atoms with E-state index in [0.29, 0.717) is 16.8 Å². The summed E-state index contributed by atoms with van der Waals surface area (Å²) < 4.78 is 27.0. The van der Waals surface area contributed by atoms with Crippen LogP contribution in [-0.2, 0) is 10.0 Å². The first kappa shape index (κ1) is 17.9. The zero-order valence-corrected chi connectivity index (χ0v) is 15.1. The van der Waals surface area contributed by atoms with E-state index < -0.39 is 10.0 Å². The Balaban J connectivity index is 1.70.